The molecule has 0 spiro atoms. The van der Waals surface area contributed by atoms with Gasteiger partial charge in [0.25, 0.3) is 0 Å². The number of hydrogen-bond donors (Lipinski definition) is 1. The standard InChI is InChI=1S/C16H19F3N4O/c1-11(16(17,18)19)22-6-8-23(9-7-22)15(24)10-14-12-4-2-3-5-13(12)20-21-14/h2-5,11H,6-10H2,1H3,(H,20,21). The maximum absolute atomic E-state index is 12.8. The monoisotopic (exact) mass is 340 g/mol. The second-order valence-corrected chi connectivity index (χ2v) is 6.03. The fraction of sp³-hybridized carbons (Fsp3) is 0.500. The van der Waals surface area contributed by atoms with Crippen molar-refractivity contribution in [1.82, 2.24) is 20.0 Å². The molecule has 130 valence electrons. The van der Waals surface area contributed by atoms with Crippen LogP contribution in [0, 0.1) is 0 Å². The van der Waals surface area contributed by atoms with Crippen molar-refractivity contribution in [3.8, 4) is 0 Å². The fourth-order valence-corrected chi connectivity index (χ4v) is 2.98. The second-order valence-electron chi connectivity index (χ2n) is 6.03. The Bertz CT molecular complexity index is 719. The molecule has 0 bridgehead atoms. The van der Waals surface area contributed by atoms with Crippen LogP contribution in [-0.4, -0.2) is 64.3 Å². The van der Waals surface area contributed by atoms with Gasteiger partial charge in [-0.05, 0) is 13.0 Å². The van der Waals surface area contributed by atoms with E-state index in [1.165, 1.54) is 4.90 Å². The lowest BCUT2D eigenvalue weighted by Crippen LogP contribution is -2.55. The number of fused-ring (bicyclic) bond motifs is 1. The van der Waals surface area contributed by atoms with Crippen molar-refractivity contribution in [3.05, 3.63) is 30.0 Å². The number of benzene rings is 1. The van der Waals surface area contributed by atoms with Gasteiger partial charge in [0.2, 0.25) is 5.91 Å². The summed E-state index contributed by atoms with van der Waals surface area (Å²) in [5.74, 6) is -0.0938. The summed E-state index contributed by atoms with van der Waals surface area (Å²) >= 11 is 0. The van der Waals surface area contributed by atoms with Crippen LogP contribution in [0.2, 0.25) is 0 Å². The highest BCUT2D eigenvalue weighted by Gasteiger charge is 2.41. The quantitative estimate of drug-likeness (QED) is 0.932. The van der Waals surface area contributed by atoms with Gasteiger partial charge >= 0.3 is 6.18 Å². The number of carbonyl (C=O) groups excluding carboxylic acids is 1. The van der Waals surface area contributed by atoms with Crippen LogP contribution in [0.5, 0.6) is 0 Å². The Kier molecular flexibility index (Phi) is 4.49. The summed E-state index contributed by atoms with van der Waals surface area (Å²) < 4.78 is 38.3. The molecule has 2 heterocycles. The number of carbonyl (C=O) groups is 1. The maximum Gasteiger partial charge on any atom is 0.403 e. The van der Waals surface area contributed by atoms with Gasteiger partial charge < -0.3 is 4.90 Å². The molecule has 1 aliphatic heterocycles. The van der Waals surface area contributed by atoms with E-state index in [-0.39, 0.29) is 25.4 Å². The molecule has 1 unspecified atom stereocenters. The number of para-hydroxylation sites is 1. The molecule has 24 heavy (non-hydrogen) atoms. The van der Waals surface area contributed by atoms with Crippen LogP contribution in [-0.2, 0) is 11.2 Å². The number of aromatic nitrogens is 2. The average Bonchev–Trinajstić information content (AvgIpc) is 2.96. The zero-order valence-electron chi connectivity index (χ0n) is 13.3. The average molecular weight is 340 g/mol. The van der Waals surface area contributed by atoms with Crippen LogP contribution in [0.25, 0.3) is 10.9 Å². The normalized spacial score (nSPS) is 18.1. The molecule has 0 aliphatic carbocycles. The van der Waals surface area contributed by atoms with E-state index < -0.39 is 12.2 Å². The largest absolute Gasteiger partial charge is 0.403 e. The van der Waals surface area contributed by atoms with Gasteiger partial charge in [-0.2, -0.15) is 18.3 Å². The summed E-state index contributed by atoms with van der Waals surface area (Å²) in [6.07, 6.45) is -4.06. The third kappa shape index (κ3) is 3.38. The molecule has 1 aromatic heterocycles. The van der Waals surface area contributed by atoms with Crippen molar-refractivity contribution >= 4 is 16.8 Å². The first-order valence-electron chi connectivity index (χ1n) is 7.87. The van der Waals surface area contributed by atoms with Gasteiger partial charge in [-0.1, -0.05) is 18.2 Å². The lowest BCUT2D eigenvalue weighted by Gasteiger charge is -2.38. The van der Waals surface area contributed by atoms with E-state index in [0.29, 0.717) is 13.1 Å². The van der Waals surface area contributed by atoms with Crippen LogP contribution < -0.4 is 0 Å². The Hall–Kier alpha value is -2.09. The number of alkyl halides is 3. The predicted octanol–water partition coefficient (Wildman–Crippen LogP) is 2.20. The number of amides is 1. The molecule has 5 nitrogen and oxygen atoms in total. The number of nitrogens with one attached hydrogen (secondary N) is 1. The molecule has 1 aliphatic rings. The van der Waals surface area contributed by atoms with E-state index in [4.69, 9.17) is 0 Å². The van der Waals surface area contributed by atoms with E-state index >= 15 is 0 Å². The molecule has 3 rings (SSSR count). The van der Waals surface area contributed by atoms with E-state index in [9.17, 15) is 18.0 Å². The number of rotatable bonds is 3. The first kappa shape index (κ1) is 16.8. The van der Waals surface area contributed by atoms with Crippen molar-refractivity contribution in [1.29, 1.82) is 0 Å². The molecule has 0 radical (unpaired) electrons. The van der Waals surface area contributed by atoms with Crippen LogP contribution in [0.1, 0.15) is 12.6 Å². The summed E-state index contributed by atoms with van der Waals surface area (Å²) in [5.41, 5.74) is 1.53. The number of halogens is 3. The maximum atomic E-state index is 12.8. The van der Waals surface area contributed by atoms with Gasteiger partial charge in [-0.3, -0.25) is 14.8 Å². The fourth-order valence-electron chi connectivity index (χ4n) is 2.98. The molecule has 1 N–H and O–H groups in total. The van der Waals surface area contributed by atoms with Crippen molar-refractivity contribution in [2.75, 3.05) is 26.2 Å². The SMILES string of the molecule is CC(N1CCN(C(=O)Cc2[nH]nc3ccccc23)CC1)C(F)(F)F. The molecule has 1 fully saturated rings. The van der Waals surface area contributed by atoms with Crippen LogP contribution in [0.3, 0.4) is 0 Å². The highest BCUT2D eigenvalue weighted by molar-refractivity contribution is 5.87. The molecule has 1 aromatic carbocycles. The Morgan fingerprint density at radius 2 is 1.92 bits per heavy atom. The number of nitrogens with zero attached hydrogens (tertiary/aromatic N) is 3. The minimum absolute atomic E-state index is 0.0938. The molecule has 2 aromatic rings. The number of H-pyrrole nitrogens is 1. The lowest BCUT2D eigenvalue weighted by molar-refractivity contribution is -0.182. The predicted molar refractivity (Wildman–Crippen MR) is 83.5 cm³/mol. The Morgan fingerprint density at radius 3 is 2.58 bits per heavy atom. The Morgan fingerprint density at radius 1 is 1.25 bits per heavy atom. The van der Waals surface area contributed by atoms with Crippen molar-refractivity contribution in [2.45, 2.75) is 25.6 Å². The van der Waals surface area contributed by atoms with E-state index in [0.717, 1.165) is 23.5 Å². The summed E-state index contributed by atoms with van der Waals surface area (Å²) in [6, 6.07) is 6.02. The lowest BCUT2D eigenvalue weighted by atomic mass is 10.1. The summed E-state index contributed by atoms with van der Waals surface area (Å²) in [6.45, 7) is 2.25. The Labute approximate surface area is 137 Å². The van der Waals surface area contributed by atoms with Crippen LogP contribution in [0.4, 0.5) is 13.2 Å². The zero-order chi connectivity index (χ0) is 17.3. The minimum Gasteiger partial charge on any atom is -0.340 e. The summed E-state index contributed by atoms with van der Waals surface area (Å²) in [5, 5.41) is 7.92. The van der Waals surface area contributed by atoms with Crippen molar-refractivity contribution in [3.63, 3.8) is 0 Å². The molecule has 0 saturated carbocycles. The van der Waals surface area contributed by atoms with Gasteiger partial charge in [0.05, 0.1) is 17.6 Å². The van der Waals surface area contributed by atoms with Crippen LogP contribution >= 0.6 is 0 Å². The molecule has 8 heteroatoms. The number of hydrogen-bond acceptors (Lipinski definition) is 3. The first-order chi connectivity index (χ1) is 11.4. The number of aromatic amines is 1. The minimum atomic E-state index is -4.24. The molecule has 1 amide bonds. The number of piperazine rings is 1. The van der Waals surface area contributed by atoms with Gasteiger partial charge in [-0.15, -0.1) is 0 Å². The van der Waals surface area contributed by atoms with E-state index in [1.54, 1.807) is 4.90 Å². The van der Waals surface area contributed by atoms with E-state index in [2.05, 4.69) is 10.2 Å². The molecule has 1 atom stereocenters. The summed E-state index contributed by atoms with van der Waals surface area (Å²) in [4.78, 5) is 15.4. The van der Waals surface area contributed by atoms with Gasteiger partial charge in [0, 0.05) is 31.6 Å². The van der Waals surface area contributed by atoms with Crippen LogP contribution in [0.15, 0.2) is 24.3 Å². The molecular formula is C16H19F3N4O. The summed E-state index contributed by atoms with van der Waals surface area (Å²) in [7, 11) is 0. The third-order valence-electron chi connectivity index (χ3n) is 4.56. The van der Waals surface area contributed by atoms with Crippen molar-refractivity contribution < 1.29 is 18.0 Å². The van der Waals surface area contributed by atoms with Gasteiger partial charge in [0.1, 0.15) is 6.04 Å². The Balaban J connectivity index is 1.60. The highest BCUT2D eigenvalue weighted by atomic mass is 19.4. The van der Waals surface area contributed by atoms with Gasteiger partial charge in [0.15, 0.2) is 0 Å². The highest BCUT2D eigenvalue weighted by Crippen LogP contribution is 2.25. The van der Waals surface area contributed by atoms with E-state index in [1.807, 2.05) is 24.3 Å². The topological polar surface area (TPSA) is 52.2 Å². The first-order valence-corrected chi connectivity index (χ1v) is 7.87. The molecular weight excluding hydrogens is 321 g/mol. The molecule has 1 saturated heterocycles. The third-order valence-corrected chi connectivity index (χ3v) is 4.56. The van der Waals surface area contributed by atoms with Gasteiger partial charge in [-0.25, -0.2) is 0 Å². The van der Waals surface area contributed by atoms with Crippen molar-refractivity contribution in [2.24, 2.45) is 0 Å². The second kappa shape index (κ2) is 6.43. The smallest absolute Gasteiger partial charge is 0.340 e. The zero-order valence-corrected chi connectivity index (χ0v) is 13.3.